The first-order chi connectivity index (χ1) is 10.6. The molecule has 0 spiro atoms. The lowest BCUT2D eigenvalue weighted by molar-refractivity contribution is -0.111. The molecule has 2 aromatic rings. The Morgan fingerprint density at radius 2 is 2.05 bits per heavy atom. The van der Waals surface area contributed by atoms with Crippen LogP contribution in [0.2, 0.25) is 0 Å². The van der Waals surface area contributed by atoms with Crippen LogP contribution in [-0.2, 0) is 4.79 Å². The highest BCUT2D eigenvalue weighted by Crippen LogP contribution is 2.24. The highest BCUT2D eigenvalue weighted by Gasteiger charge is 2.05. The van der Waals surface area contributed by atoms with Gasteiger partial charge in [0.15, 0.2) is 4.34 Å². The summed E-state index contributed by atoms with van der Waals surface area (Å²) in [6.07, 6.45) is 3.31. The smallest absolute Gasteiger partial charge is 0.250 e. The zero-order valence-corrected chi connectivity index (χ0v) is 14.5. The van der Waals surface area contributed by atoms with E-state index in [0.29, 0.717) is 11.0 Å². The van der Waals surface area contributed by atoms with Crippen LogP contribution in [0.25, 0.3) is 6.08 Å². The van der Waals surface area contributed by atoms with Gasteiger partial charge in [-0.3, -0.25) is 10.1 Å². The van der Waals surface area contributed by atoms with Gasteiger partial charge in [0, 0.05) is 6.08 Å². The number of hydrogen-bond acceptors (Lipinski definition) is 5. The van der Waals surface area contributed by atoms with Crippen LogP contribution in [0.3, 0.4) is 0 Å². The Labute approximate surface area is 139 Å². The van der Waals surface area contributed by atoms with Crippen LogP contribution >= 0.6 is 23.1 Å². The number of nitrogens with one attached hydrogen (secondary N) is 1. The van der Waals surface area contributed by atoms with Crippen LogP contribution in [0.1, 0.15) is 37.8 Å². The maximum Gasteiger partial charge on any atom is 0.250 e. The summed E-state index contributed by atoms with van der Waals surface area (Å²) in [4.78, 5) is 11.9. The molecule has 2 rings (SSSR count). The van der Waals surface area contributed by atoms with Crippen molar-refractivity contribution < 1.29 is 4.79 Å². The first kappa shape index (κ1) is 16.7. The number of carbonyl (C=O) groups excluding carboxylic acids is 1. The number of aromatic nitrogens is 2. The Morgan fingerprint density at radius 3 is 2.68 bits per heavy atom. The van der Waals surface area contributed by atoms with Crippen molar-refractivity contribution in [2.45, 2.75) is 31.0 Å². The molecule has 0 radical (unpaired) electrons. The third-order valence-corrected chi connectivity index (χ3v) is 4.79. The van der Waals surface area contributed by atoms with Crippen molar-refractivity contribution in [2.75, 3.05) is 11.1 Å². The molecule has 1 aromatic heterocycles. The topological polar surface area (TPSA) is 54.9 Å². The summed E-state index contributed by atoms with van der Waals surface area (Å²) in [6.45, 7) is 6.37. The van der Waals surface area contributed by atoms with Gasteiger partial charge in [0.25, 0.3) is 0 Å². The van der Waals surface area contributed by atoms with Crippen LogP contribution in [0.5, 0.6) is 0 Å². The minimum atomic E-state index is -0.197. The predicted octanol–water partition coefficient (Wildman–Crippen LogP) is 4.43. The first-order valence-corrected chi connectivity index (χ1v) is 8.94. The highest BCUT2D eigenvalue weighted by molar-refractivity contribution is 8.01. The molecule has 22 heavy (non-hydrogen) atoms. The van der Waals surface area contributed by atoms with E-state index in [2.05, 4.69) is 48.4 Å². The van der Waals surface area contributed by atoms with Crippen molar-refractivity contribution >= 4 is 40.2 Å². The molecule has 1 aromatic carbocycles. The molecular formula is C16H19N3OS2. The summed E-state index contributed by atoms with van der Waals surface area (Å²) in [5, 5.41) is 11.2. The Bertz CT molecular complexity index is 648. The van der Waals surface area contributed by atoms with Crippen molar-refractivity contribution in [1.82, 2.24) is 10.2 Å². The standard InChI is InChI=1S/C16H19N3OS2/c1-4-21-16-19-18-15(22-16)17-14(20)10-7-12-5-8-13(9-6-12)11(2)3/h5-11H,4H2,1-3H3,(H,17,18,20). The summed E-state index contributed by atoms with van der Waals surface area (Å²) in [5.41, 5.74) is 2.29. The minimum absolute atomic E-state index is 0.197. The first-order valence-electron chi connectivity index (χ1n) is 7.13. The van der Waals surface area contributed by atoms with Gasteiger partial charge in [0.2, 0.25) is 11.0 Å². The molecule has 1 N–H and O–H groups in total. The third kappa shape index (κ3) is 4.96. The van der Waals surface area contributed by atoms with Gasteiger partial charge < -0.3 is 0 Å². The maximum atomic E-state index is 11.9. The number of hydrogen-bond donors (Lipinski definition) is 1. The summed E-state index contributed by atoms with van der Waals surface area (Å²) >= 11 is 3.00. The van der Waals surface area contributed by atoms with Gasteiger partial charge in [-0.25, -0.2) is 0 Å². The molecule has 0 unspecified atom stereocenters. The molecular weight excluding hydrogens is 314 g/mol. The van der Waals surface area contributed by atoms with Gasteiger partial charge >= 0.3 is 0 Å². The summed E-state index contributed by atoms with van der Waals surface area (Å²) in [5.74, 6) is 1.25. The SMILES string of the molecule is CCSc1nnc(NC(=O)C=Cc2ccc(C(C)C)cc2)s1. The van der Waals surface area contributed by atoms with Gasteiger partial charge in [-0.1, -0.05) is 68.1 Å². The number of rotatable bonds is 6. The molecule has 0 bridgehead atoms. The number of amides is 1. The molecule has 0 fully saturated rings. The van der Waals surface area contributed by atoms with Gasteiger partial charge in [-0.05, 0) is 28.9 Å². The van der Waals surface area contributed by atoms with E-state index in [4.69, 9.17) is 0 Å². The zero-order chi connectivity index (χ0) is 15.9. The number of nitrogens with zero attached hydrogens (tertiary/aromatic N) is 2. The number of benzene rings is 1. The predicted molar refractivity (Wildman–Crippen MR) is 94.5 cm³/mol. The van der Waals surface area contributed by atoms with Crippen molar-refractivity contribution in [1.29, 1.82) is 0 Å². The molecule has 1 heterocycles. The summed E-state index contributed by atoms with van der Waals surface area (Å²) < 4.78 is 0.867. The van der Waals surface area contributed by atoms with E-state index in [-0.39, 0.29) is 5.91 Å². The van der Waals surface area contributed by atoms with Crippen molar-refractivity contribution in [3.8, 4) is 0 Å². The molecule has 0 aliphatic rings. The second-order valence-corrected chi connectivity index (χ2v) is 7.44. The van der Waals surface area contributed by atoms with E-state index < -0.39 is 0 Å². The second kappa shape index (κ2) is 8.10. The molecule has 0 aliphatic carbocycles. The summed E-state index contributed by atoms with van der Waals surface area (Å²) in [7, 11) is 0. The molecule has 0 aliphatic heterocycles. The fourth-order valence-electron chi connectivity index (χ4n) is 1.75. The Morgan fingerprint density at radius 1 is 1.32 bits per heavy atom. The Balaban J connectivity index is 1.92. The van der Waals surface area contributed by atoms with Crippen molar-refractivity contribution in [3.05, 3.63) is 41.5 Å². The van der Waals surface area contributed by atoms with E-state index in [1.807, 2.05) is 12.1 Å². The lowest BCUT2D eigenvalue weighted by atomic mass is 10.0. The van der Waals surface area contributed by atoms with E-state index in [1.54, 1.807) is 17.8 Å². The molecule has 0 saturated carbocycles. The lowest BCUT2D eigenvalue weighted by Gasteiger charge is -2.04. The Kier molecular flexibility index (Phi) is 6.15. The second-order valence-electron chi connectivity index (χ2n) is 4.95. The average Bonchev–Trinajstić information content (AvgIpc) is 2.93. The van der Waals surface area contributed by atoms with Gasteiger partial charge in [0.05, 0.1) is 0 Å². The number of carbonyl (C=O) groups is 1. The number of thioether (sulfide) groups is 1. The summed E-state index contributed by atoms with van der Waals surface area (Å²) in [6, 6.07) is 8.20. The number of anilines is 1. The molecule has 4 nitrogen and oxygen atoms in total. The molecule has 0 saturated heterocycles. The van der Waals surface area contributed by atoms with Crippen molar-refractivity contribution in [3.63, 3.8) is 0 Å². The van der Waals surface area contributed by atoms with Crippen LogP contribution in [0.4, 0.5) is 5.13 Å². The molecule has 1 amide bonds. The van der Waals surface area contributed by atoms with Gasteiger partial charge in [0.1, 0.15) is 0 Å². The minimum Gasteiger partial charge on any atom is -0.297 e. The van der Waals surface area contributed by atoms with Gasteiger partial charge in [-0.2, -0.15) is 0 Å². The van der Waals surface area contributed by atoms with E-state index in [9.17, 15) is 4.79 Å². The van der Waals surface area contributed by atoms with E-state index in [0.717, 1.165) is 15.7 Å². The lowest BCUT2D eigenvalue weighted by Crippen LogP contribution is -2.07. The largest absolute Gasteiger partial charge is 0.297 e. The van der Waals surface area contributed by atoms with Crippen LogP contribution in [0.15, 0.2) is 34.7 Å². The fraction of sp³-hybridized carbons (Fsp3) is 0.312. The molecule has 116 valence electrons. The highest BCUT2D eigenvalue weighted by atomic mass is 32.2. The van der Waals surface area contributed by atoms with Crippen molar-refractivity contribution in [2.24, 2.45) is 0 Å². The zero-order valence-electron chi connectivity index (χ0n) is 12.9. The van der Waals surface area contributed by atoms with Crippen LogP contribution in [-0.4, -0.2) is 21.9 Å². The Hall–Kier alpha value is -1.66. The average molecular weight is 333 g/mol. The normalized spacial score (nSPS) is 11.3. The quantitative estimate of drug-likeness (QED) is 0.483. The fourth-order valence-corrected chi connectivity index (χ4v) is 3.40. The third-order valence-electron chi connectivity index (χ3n) is 2.93. The molecule has 6 heteroatoms. The van der Waals surface area contributed by atoms with Crippen LogP contribution < -0.4 is 5.32 Å². The maximum absolute atomic E-state index is 11.9. The van der Waals surface area contributed by atoms with E-state index in [1.165, 1.54) is 23.0 Å². The van der Waals surface area contributed by atoms with E-state index >= 15 is 0 Å². The van der Waals surface area contributed by atoms with Crippen LogP contribution in [0, 0.1) is 0 Å². The monoisotopic (exact) mass is 333 g/mol. The molecule has 0 atom stereocenters. The van der Waals surface area contributed by atoms with Gasteiger partial charge in [-0.15, -0.1) is 10.2 Å².